The zero-order valence-corrected chi connectivity index (χ0v) is 12.0. The molecule has 2 rings (SSSR count). The molecule has 19 heavy (non-hydrogen) atoms. The molecule has 0 bridgehead atoms. The number of rotatable bonds is 4. The minimum absolute atomic E-state index is 0.132. The van der Waals surface area contributed by atoms with E-state index in [0.29, 0.717) is 17.2 Å². The second-order valence-electron chi connectivity index (χ2n) is 4.84. The number of hydrogen-bond donors (Lipinski definition) is 1. The first kappa shape index (κ1) is 14.0. The molecule has 1 aliphatic heterocycles. The van der Waals surface area contributed by atoms with Gasteiger partial charge in [-0.15, -0.1) is 0 Å². The summed E-state index contributed by atoms with van der Waals surface area (Å²) in [5, 5.41) is 0. The molecule has 1 fully saturated rings. The van der Waals surface area contributed by atoms with E-state index >= 15 is 0 Å². The van der Waals surface area contributed by atoms with Crippen molar-refractivity contribution in [2.24, 2.45) is 5.73 Å². The molecule has 0 aliphatic carbocycles. The van der Waals surface area contributed by atoms with E-state index in [9.17, 15) is 0 Å². The molecular formula is C14H22N2O3. The summed E-state index contributed by atoms with van der Waals surface area (Å²) in [5.41, 5.74) is 7.30. The summed E-state index contributed by atoms with van der Waals surface area (Å²) in [7, 11) is 6.94. The first-order valence-electron chi connectivity index (χ1n) is 6.38. The molecule has 2 N–H and O–H groups in total. The lowest BCUT2D eigenvalue weighted by Gasteiger charge is -2.25. The molecule has 1 heterocycles. The van der Waals surface area contributed by atoms with Crippen LogP contribution in [0.4, 0.5) is 0 Å². The third kappa shape index (κ3) is 2.48. The standard InChI is InChI=1S/C14H22N2O3/c1-16-6-5-10(15)13(16)9-7-11(17-2)14(19-4)12(8-9)18-3/h7-8,10,13H,5-6,15H2,1-4H3. The van der Waals surface area contributed by atoms with Crippen molar-refractivity contribution in [1.82, 2.24) is 4.90 Å². The van der Waals surface area contributed by atoms with Crippen LogP contribution >= 0.6 is 0 Å². The maximum atomic E-state index is 6.20. The Hall–Kier alpha value is -1.46. The van der Waals surface area contributed by atoms with Gasteiger partial charge in [0.1, 0.15) is 0 Å². The van der Waals surface area contributed by atoms with Gasteiger partial charge in [0, 0.05) is 18.6 Å². The lowest BCUT2D eigenvalue weighted by molar-refractivity contribution is 0.296. The topological polar surface area (TPSA) is 57.0 Å². The van der Waals surface area contributed by atoms with Gasteiger partial charge in [0.25, 0.3) is 0 Å². The number of benzene rings is 1. The van der Waals surface area contributed by atoms with E-state index in [-0.39, 0.29) is 12.1 Å². The molecule has 0 saturated carbocycles. The van der Waals surface area contributed by atoms with Crippen molar-refractivity contribution in [2.75, 3.05) is 34.9 Å². The fourth-order valence-corrected chi connectivity index (χ4v) is 2.75. The smallest absolute Gasteiger partial charge is 0.203 e. The van der Waals surface area contributed by atoms with Crippen molar-refractivity contribution < 1.29 is 14.2 Å². The highest BCUT2D eigenvalue weighted by Gasteiger charge is 2.31. The Balaban J connectivity index is 2.46. The molecule has 1 aliphatic rings. The van der Waals surface area contributed by atoms with Crippen molar-refractivity contribution in [3.8, 4) is 17.2 Å². The van der Waals surface area contributed by atoms with Gasteiger partial charge in [-0.05, 0) is 31.2 Å². The summed E-state index contributed by atoms with van der Waals surface area (Å²) in [6, 6.07) is 4.28. The number of nitrogens with zero attached hydrogens (tertiary/aromatic N) is 1. The first-order valence-corrected chi connectivity index (χ1v) is 6.38. The van der Waals surface area contributed by atoms with E-state index < -0.39 is 0 Å². The van der Waals surface area contributed by atoms with Crippen LogP contribution in [0.5, 0.6) is 17.2 Å². The van der Waals surface area contributed by atoms with Crippen LogP contribution in [-0.2, 0) is 0 Å². The zero-order chi connectivity index (χ0) is 14.0. The Bertz CT molecular complexity index is 415. The summed E-state index contributed by atoms with van der Waals surface area (Å²) < 4.78 is 16.1. The van der Waals surface area contributed by atoms with Gasteiger partial charge in [0.2, 0.25) is 5.75 Å². The molecule has 5 nitrogen and oxygen atoms in total. The summed E-state index contributed by atoms with van der Waals surface area (Å²) >= 11 is 0. The molecule has 0 aromatic heterocycles. The summed E-state index contributed by atoms with van der Waals surface area (Å²) in [5.74, 6) is 1.96. The molecule has 0 radical (unpaired) electrons. The van der Waals surface area contributed by atoms with E-state index in [0.717, 1.165) is 18.5 Å². The largest absolute Gasteiger partial charge is 0.493 e. The molecule has 0 spiro atoms. The Kier molecular flexibility index (Phi) is 4.17. The van der Waals surface area contributed by atoms with Crippen molar-refractivity contribution in [3.63, 3.8) is 0 Å². The maximum Gasteiger partial charge on any atom is 0.203 e. The predicted octanol–water partition coefficient (Wildman–Crippen LogP) is 1.42. The minimum atomic E-state index is 0.132. The van der Waals surface area contributed by atoms with Crippen LogP contribution in [0.15, 0.2) is 12.1 Å². The van der Waals surface area contributed by atoms with E-state index in [2.05, 4.69) is 11.9 Å². The third-order valence-corrected chi connectivity index (χ3v) is 3.72. The number of hydrogen-bond acceptors (Lipinski definition) is 5. The first-order chi connectivity index (χ1) is 9.12. The molecule has 5 heteroatoms. The van der Waals surface area contributed by atoms with Crippen LogP contribution < -0.4 is 19.9 Å². The lowest BCUT2D eigenvalue weighted by atomic mass is 10.00. The van der Waals surface area contributed by atoms with E-state index in [1.54, 1.807) is 21.3 Å². The molecule has 1 aromatic rings. The minimum Gasteiger partial charge on any atom is -0.493 e. The van der Waals surface area contributed by atoms with Gasteiger partial charge in [-0.1, -0.05) is 0 Å². The fraction of sp³-hybridized carbons (Fsp3) is 0.571. The molecule has 2 atom stereocenters. The van der Waals surface area contributed by atoms with Crippen LogP contribution in [0.25, 0.3) is 0 Å². The summed E-state index contributed by atoms with van der Waals surface area (Å²) in [4.78, 5) is 2.26. The van der Waals surface area contributed by atoms with Gasteiger partial charge in [-0.3, -0.25) is 4.90 Å². The van der Waals surface area contributed by atoms with Gasteiger partial charge >= 0.3 is 0 Å². The SMILES string of the molecule is COc1cc(C2C(N)CCN2C)cc(OC)c1OC. The molecular weight excluding hydrogens is 244 g/mol. The summed E-state index contributed by atoms with van der Waals surface area (Å²) in [6.45, 7) is 1.00. The fourth-order valence-electron chi connectivity index (χ4n) is 2.75. The monoisotopic (exact) mass is 266 g/mol. The van der Waals surface area contributed by atoms with Crippen molar-refractivity contribution >= 4 is 0 Å². The number of likely N-dealkylation sites (N-methyl/N-ethyl adjacent to an activating group) is 1. The second kappa shape index (κ2) is 5.67. The van der Waals surface area contributed by atoms with Crippen LogP contribution in [0.2, 0.25) is 0 Å². The number of methoxy groups -OCH3 is 3. The molecule has 106 valence electrons. The summed E-state index contributed by atoms with van der Waals surface area (Å²) in [6.07, 6.45) is 0.998. The van der Waals surface area contributed by atoms with Crippen LogP contribution in [0.1, 0.15) is 18.0 Å². The quantitative estimate of drug-likeness (QED) is 0.893. The number of likely N-dealkylation sites (tertiary alicyclic amines) is 1. The highest BCUT2D eigenvalue weighted by atomic mass is 16.5. The molecule has 2 unspecified atom stereocenters. The van der Waals surface area contributed by atoms with E-state index in [1.165, 1.54) is 0 Å². The van der Waals surface area contributed by atoms with Gasteiger partial charge in [0.15, 0.2) is 11.5 Å². The van der Waals surface area contributed by atoms with Crippen molar-refractivity contribution in [1.29, 1.82) is 0 Å². The van der Waals surface area contributed by atoms with E-state index in [4.69, 9.17) is 19.9 Å². The van der Waals surface area contributed by atoms with Crippen molar-refractivity contribution in [3.05, 3.63) is 17.7 Å². The normalized spacial score (nSPS) is 23.4. The Morgan fingerprint density at radius 1 is 1.11 bits per heavy atom. The Morgan fingerprint density at radius 3 is 2.05 bits per heavy atom. The maximum absolute atomic E-state index is 6.20. The molecule has 1 saturated heterocycles. The average molecular weight is 266 g/mol. The van der Waals surface area contributed by atoms with E-state index in [1.807, 2.05) is 12.1 Å². The third-order valence-electron chi connectivity index (χ3n) is 3.72. The van der Waals surface area contributed by atoms with Crippen molar-refractivity contribution in [2.45, 2.75) is 18.5 Å². The van der Waals surface area contributed by atoms with Gasteiger partial charge in [-0.2, -0.15) is 0 Å². The highest BCUT2D eigenvalue weighted by molar-refractivity contribution is 5.54. The second-order valence-corrected chi connectivity index (χ2v) is 4.84. The van der Waals surface area contributed by atoms with Crippen LogP contribution in [0, 0.1) is 0 Å². The zero-order valence-electron chi connectivity index (χ0n) is 12.0. The van der Waals surface area contributed by atoms with Crippen LogP contribution in [-0.4, -0.2) is 45.9 Å². The lowest BCUT2D eigenvalue weighted by Crippen LogP contribution is -2.29. The van der Waals surface area contributed by atoms with Gasteiger partial charge < -0.3 is 19.9 Å². The van der Waals surface area contributed by atoms with Crippen LogP contribution in [0.3, 0.4) is 0 Å². The Morgan fingerprint density at radius 2 is 1.68 bits per heavy atom. The van der Waals surface area contributed by atoms with Gasteiger partial charge in [0.05, 0.1) is 21.3 Å². The average Bonchev–Trinajstić information content (AvgIpc) is 2.76. The molecule has 0 amide bonds. The highest BCUT2D eigenvalue weighted by Crippen LogP contribution is 2.42. The molecule has 1 aromatic carbocycles. The number of nitrogens with two attached hydrogens (primary N) is 1. The Labute approximate surface area is 114 Å². The number of ether oxygens (including phenoxy) is 3. The van der Waals surface area contributed by atoms with Gasteiger partial charge in [-0.25, -0.2) is 0 Å². The predicted molar refractivity (Wildman–Crippen MR) is 74.1 cm³/mol.